The topological polar surface area (TPSA) is 49.4 Å². The van der Waals surface area contributed by atoms with E-state index in [1.165, 1.54) is 28.8 Å². The number of likely N-dealkylation sites (N-methyl/N-ethyl adjacent to an activating group) is 1. The molecule has 2 amide bonds. The van der Waals surface area contributed by atoms with Crippen LogP contribution in [0.5, 0.6) is 0 Å². The summed E-state index contributed by atoms with van der Waals surface area (Å²) in [5, 5.41) is 3.95. The van der Waals surface area contributed by atoms with Gasteiger partial charge in [-0.15, -0.1) is 11.8 Å². The number of carbonyl (C=O) groups excluding carboxylic acids is 2. The summed E-state index contributed by atoms with van der Waals surface area (Å²) in [6.45, 7) is 2.29. The Morgan fingerprint density at radius 3 is 2.14 bits per heavy atom. The highest BCUT2D eigenvalue weighted by Crippen LogP contribution is 2.28. The van der Waals surface area contributed by atoms with Gasteiger partial charge in [-0.25, -0.2) is 4.39 Å². The van der Waals surface area contributed by atoms with E-state index < -0.39 is 11.9 Å². The van der Waals surface area contributed by atoms with Gasteiger partial charge in [-0.05, 0) is 36.8 Å². The van der Waals surface area contributed by atoms with Gasteiger partial charge in [0.05, 0.1) is 5.75 Å². The van der Waals surface area contributed by atoms with Crippen molar-refractivity contribution in [3.63, 3.8) is 0 Å². The number of benzene rings is 3. The Hall–Kier alpha value is -2.25. The molecule has 0 aliphatic carbocycles. The maximum absolute atomic E-state index is 14.2. The molecule has 3 rings (SSSR count). The molecule has 1 atom stereocenters. The van der Waals surface area contributed by atoms with Gasteiger partial charge >= 0.3 is 0 Å². The van der Waals surface area contributed by atoms with Crippen LogP contribution < -0.4 is 5.32 Å². The summed E-state index contributed by atoms with van der Waals surface area (Å²) in [6.07, 6.45) is 0.310. The minimum absolute atomic E-state index is 0.0113. The highest BCUT2D eigenvalue weighted by molar-refractivity contribution is 7.99. The molecule has 0 heterocycles. The first-order chi connectivity index (χ1) is 17.3. The molecule has 0 unspecified atom stereocenters. The van der Waals surface area contributed by atoms with Gasteiger partial charge in [0.15, 0.2) is 0 Å². The van der Waals surface area contributed by atoms with Crippen molar-refractivity contribution in [1.29, 1.82) is 0 Å². The Morgan fingerprint density at radius 1 is 0.917 bits per heavy atom. The molecule has 0 aromatic heterocycles. The molecule has 9 heteroatoms. The lowest BCUT2D eigenvalue weighted by molar-refractivity contribution is -0.139. The molecule has 3 aromatic rings. The molecule has 4 nitrogen and oxygen atoms in total. The summed E-state index contributed by atoms with van der Waals surface area (Å²) < 4.78 is 14.2. The van der Waals surface area contributed by atoms with Gasteiger partial charge in [0.2, 0.25) is 11.8 Å². The zero-order valence-electron chi connectivity index (χ0n) is 19.6. The lowest BCUT2D eigenvalue weighted by Gasteiger charge is -2.32. The summed E-state index contributed by atoms with van der Waals surface area (Å²) in [5.74, 6) is -0.776. The highest BCUT2D eigenvalue weighted by atomic mass is 35.5. The molecule has 1 N–H and O–H groups in total. The van der Waals surface area contributed by atoms with E-state index in [4.69, 9.17) is 34.8 Å². The van der Waals surface area contributed by atoms with Crippen LogP contribution in [0, 0.1) is 5.82 Å². The second kappa shape index (κ2) is 13.9. The Labute approximate surface area is 230 Å². The normalized spacial score (nSPS) is 11.7. The molecule has 0 aliphatic rings. The molecule has 0 spiro atoms. The zero-order valence-corrected chi connectivity index (χ0v) is 22.7. The monoisotopic (exact) mass is 566 g/mol. The number of hydrogen-bond donors (Lipinski definition) is 1. The molecular weight excluding hydrogens is 542 g/mol. The van der Waals surface area contributed by atoms with E-state index in [0.29, 0.717) is 39.2 Å². The third-order valence-corrected chi connectivity index (χ3v) is 7.55. The highest BCUT2D eigenvalue weighted by Gasteiger charge is 2.31. The summed E-state index contributed by atoms with van der Waals surface area (Å²) in [4.78, 5) is 28.3. The fraction of sp³-hybridized carbons (Fsp3) is 0.259. The molecule has 0 saturated heterocycles. The lowest BCUT2D eigenvalue weighted by atomic mass is 10.0. The van der Waals surface area contributed by atoms with Crippen LogP contribution in [0.1, 0.15) is 23.6 Å². The van der Waals surface area contributed by atoms with E-state index in [1.54, 1.807) is 24.3 Å². The molecule has 3 aromatic carbocycles. The van der Waals surface area contributed by atoms with Gasteiger partial charge in [-0.2, -0.15) is 0 Å². The predicted molar refractivity (Wildman–Crippen MR) is 147 cm³/mol. The first-order valence-electron chi connectivity index (χ1n) is 11.4. The fourth-order valence-corrected chi connectivity index (χ4v) is 5.46. The Bertz CT molecular complexity index is 1160. The molecule has 36 heavy (non-hydrogen) atoms. The maximum atomic E-state index is 14.2. The molecule has 0 fully saturated rings. The largest absolute Gasteiger partial charge is 0.355 e. The number of carbonyl (C=O) groups is 2. The van der Waals surface area contributed by atoms with Gasteiger partial charge in [-0.1, -0.05) is 77.3 Å². The number of amides is 2. The van der Waals surface area contributed by atoms with E-state index in [-0.39, 0.29) is 29.9 Å². The SMILES string of the molecule is CCNC(=O)[C@H](Cc1ccccc1)N(Cc1c(Cl)cccc1Cl)C(=O)CSCc1c(F)cccc1Cl. The first-order valence-corrected chi connectivity index (χ1v) is 13.6. The van der Waals surface area contributed by atoms with E-state index in [0.717, 1.165) is 5.56 Å². The molecule has 0 aliphatic heterocycles. The summed E-state index contributed by atoms with van der Waals surface area (Å²) in [6, 6.07) is 18.3. The smallest absolute Gasteiger partial charge is 0.243 e. The third-order valence-electron chi connectivity index (χ3n) is 5.55. The van der Waals surface area contributed by atoms with Crippen LogP contribution in [0.15, 0.2) is 66.7 Å². The minimum atomic E-state index is -0.801. The number of halogens is 4. The summed E-state index contributed by atoms with van der Waals surface area (Å²) in [5.41, 5.74) is 1.79. The van der Waals surface area contributed by atoms with Gasteiger partial charge in [-0.3, -0.25) is 9.59 Å². The zero-order chi connectivity index (χ0) is 26.1. The third kappa shape index (κ3) is 7.62. The van der Waals surface area contributed by atoms with Crippen LogP contribution in [-0.2, 0) is 28.3 Å². The van der Waals surface area contributed by atoms with Crippen LogP contribution in [0.3, 0.4) is 0 Å². The molecule has 0 radical (unpaired) electrons. The summed E-state index contributed by atoms with van der Waals surface area (Å²) >= 11 is 20.2. The van der Waals surface area contributed by atoms with Crippen LogP contribution in [0.25, 0.3) is 0 Å². The van der Waals surface area contributed by atoms with Crippen molar-refractivity contribution in [2.45, 2.75) is 31.7 Å². The average molecular weight is 568 g/mol. The van der Waals surface area contributed by atoms with Crippen molar-refractivity contribution in [3.05, 3.63) is 104 Å². The minimum Gasteiger partial charge on any atom is -0.355 e. The molecule has 0 bridgehead atoms. The quantitative estimate of drug-likeness (QED) is 0.277. The van der Waals surface area contributed by atoms with Crippen LogP contribution in [0.2, 0.25) is 15.1 Å². The number of hydrogen-bond acceptors (Lipinski definition) is 3. The number of thioether (sulfide) groups is 1. The van der Waals surface area contributed by atoms with Gasteiger partial charge in [0.25, 0.3) is 0 Å². The van der Waals surface area contributed by atoms with Crippen LogP contribution in [0.4, 0.5) is 4.39 Å². The van der Waals surface area contributed by atoms with E-state index in [1.807, 2.05) is 37.3 Å². The average Bonchev–Trinajstić information content (AvgIpc) is 2.85. The number of nitrogens with one attached hydrogen (secondary N) is 1. The van der Waals surface area contributed by atoms with Crippen molar-refractivity contribution in [3.8, 4) is 0 Å². The van der Waals surface area contributed by atoms with Gasteiger partial charge in [0, 0.05) is 51.5 Å². The van der Waals surface area contributed by atoms with Crippen LogP contribution >= 0.6 is 46.6 Å². The lowest BCUT2D eigenvalue weighted by Crippen LogP contribution is -2.51. The Morgan fingerprint density at radius 2 is 1.53 bits per heavy atom. The Kier molecular flexibility index (Phi) is 10.9. The van der Waals surface area contributed by atoms with Crippen molar-refractivity contribution in [2.24, 2.45) is 0 Å². The molecule has 190 valence electrons. The van der Waals surface area contributed by atoms with E-state index in [2.05, 4.69) is 5.32 Å². The second-order valence-electron chi connectivity index (χ2n) is 8.01. The van der Waals surface area contributed by atoms with Crippen molar-refractivity contribution < 1.29 is 14.0 Å². The van der Waals surface area contributed by atoms with Crippen LogP contribution in [-0.4, -0.2) is 35.1 Å². The molecule has 0 saturated carbocycles. The van der Waals surface area contributed by atoms with Gasteiger partial charge in [0.1, 0.15) is 11.9 Å². The Balaban J connectivity index is 1.89. The van der Waals surface area contributed by atoms with Gasteiger partial charge < -0.3 is 10.2 Å². The van der Waals surface area contributed by atoms with E-state index >= 15 is 0 Å². The maximum Gasteiger partial charge on any atom is 0.243 e. The second-order valence-corrected chi connectivity index (χ2v) is 10.2. The first kappa shape index (κ1) is 28.3. The van der Waals surface area contributed by atoms with Crippen molar-refractivity contribution in [1.82, 2.24) is 10.2 Å². The van der Waals surface area contributed by atoms with E-state index in [9.17, 15) is 14.0 Å². The predicted octanol–water partition coefficient (Wildman–Crippen LogP) is 6.80. The number of rotatable bonds is 11. The fourth-order valence-electron chi connectivity index (χ4n) is 3.69. The van der Waals surface area contributed by atoms with Crippen molar-refractivity contribution >= 4 is 58.4 Å². The summed E-state index contributed by atoms with van der Waals surface area (Å²) in [7, 11) is 0. The van der Waals surface area contributed by atoms with Crippen molar-refractivity contribution in [2.75, 3.05) is 12.3 Å². The molecular formula is C27H26Cl3FN2O2S. The number of nitrogens with zero attached hydrogens (tertiary/aromatic N) is 1. The standard InChI is InChI=1S/C27H26Cl3FN2O2S/c1-2-32-27(35)25(14-18-8-4-3-5-9-18)33(15-19-21(28)10-6-11-22(19)29)26(34)17-36-16-20-23(30)12-7-13-24(20)31/h3-13,25H,2,14-17H2,1H3,(H,32,35)/t25-/m0/s1.